The molecular weight excluding hydrogens is 316 g/mol. The quantitative estimate of drug-likeness (QED) is 0.787. The molecule has 3 rings (SSSR count). The first-order chi connectivity index (χ1) is 11.5. The van der Waals surface area contributed by atoms with E-state index in [1.165, 1.54) is 20.3 Å². The molecule has 1 heterocycles. The number of ketones is 1. The number of rotatable bonds is 3. The molecule has 0 radical (unpaired) electrons. The zero-order chi connectivity index (χ0) is 17.4. The largest absolute Gasteiger partial charge is 0.504 e. The van der Waals surface area contributed by atoms with Crippen LogP contribution in [0.25, 0.3) is 0 Å². The van der Waals surface area contributed by atoms with Crippen molar-refractivity contribution < 1.29 is 34.3 Å². The maximum Gasteiger partial charge on any atom is 0.203 e. The molecular formula is C17H16O7. The number of ether oxygens (including phenoxy) is 3. The van der Waals surface area contributed by atoms with Gasteiger partial charge in [-0.25, -0.2) is 0 Å². The van der Waals surface area contributed by atoms with Crippen LogP contribution in [-0.4, -0.2) is 41.4 Å². The third kappa shape index (κ3) is 2.39. The Kier molecular flexibility index (Phi) is 3.94. The number of aliphatic hydroxyl groups is 1. The van der Waals surface area contributed by atoms with Gasteiger partial charge in [-0.3, -0.25) is 4.79 Å². The summed E-state index contributed by atoms with van der Waals surface area (Å²) in [4.78, 5) is 12.5. The van der Waals surface area contributed by atoms with Gasteiger partial charge in [-0.2, -0.15) is 0 Å². The van der Waals surface area contributed by atoms with E-state index in [2.05, 4.69) is 0 Å². The second kappa shape index (κ2) is 5.93. The highest BCUT2D eigenvalue weighted by Gasteiger charge is 2.40. The SMILES string of the molecule is COc1ccc(C2Oc3cc(O)c(OC)c(O)c3C(=O)C2O)cc1. The molecule has 0 aromatic heterocycles. The summed E-state index contributed by atoms with van der Waals surface area (Å²) in [6.07, 6.45) is -2.48. The van der Waals surface area contributed by atoms with Crippen LogP contribution >= 0.6 is 0 Å². The topological polar surface area (TPSA) is 105 Å². The second-order valence-electron chi connectivity index (χ2n) is 5.27. The summed E-state index contributed by atoms with van der Waals surface area (Å²) >= 11 is 0. The number of hydrogen-bond acceptors (Lipinski definition) is 7. The van der Waals surface area contributed by atoms with Gasteiger partial charge in [-0.1, -0.05) is 12.1 Å². The van der Waals surface area contributed by atoms with E-state index in [9.17, 15) is 20.1 Å². The van der Waals surface area contributed by atoms with E-state index < -0.39 is 23.7 Å². The fourth-order valence-electron chi connectivity index (χ4n) is 2.68. The van der Waals surface area contributed by atoms with E-state index in [0.717, 1.165) is 0 Å². The summed E-state index contributed by atoms with van der Waals surface area (Å²) in [6, 6.07) is 7.85. The molecule has 0 saturated heterocycles. The van der Waals surface area contributed by atoms with E-state index in [-0.39, 0.29) is 22.8 Å². The van der Waals surface area contributed by atoms with Crippen LogP contribution in [0.5, 0.6) is 28.7 Å². The minimum atomic E-state index is -1.51. The average molecular weight is 332 g/mol. The molecule has 0 amide bonds. The Hall–Kier alpha value is -2.93. The van der Waals surface area contributed by atoms with Crippen LogP contribution in [0.15, 0.2) is 30.3 Å². The van der Waals surface area contributed by atoms with Crippen LogP contribution in [0.1, 0.15) is 22.0 Å². The Bertz CT molecular complexity index is 783. The predicted octanol–water partition coefficient (Wildman–Crippen LogP) is 1.79. The number of aromatic hydroxyl groups is 2. The molecule has 2 atom stereocenters. The fourth-order valence-corrected chi connectivity index (χ4v) is 2.68. The van der Waals surface area contributed by atoms with E-state index in [4.69, 9.17) is 14.2 Å². The molecule has 3 N–H and O–H groups in total. The summed E-state index contributed by atoms with van der Waals surface area (Å²) in [5, 5.41) is 30.3. The number of carbonyl (C=O) groups is 1. The van der Waals surface area contributed by atoms with Gasteiger partial charge in [-0.05, 0) is 17.7 Å². The molecule has 0 spiro atoms. The number of benzene rings is 2. The maximum atomic E-state index is 12.5. The molecule has 0 bridgehead atoms. The number of phenols is 2. The third-order valence-electron chi connectivity index (χ3n) is 3.90. The van der Waals surface area contributed by atoms with Gasteiger partial charge < -0.3 is 29.5 Å². The lowest BCUT2D eigenvalue weighted by Gasteiger charge is -2.30. The number of fused-ring (bicyclic) bond motifs is 1. The van der Waals surface area contributed by atoms with Gasteiger partial charge in [0.05, 0.1) is 14.2 Å². The molecule has 7 heteroatoms. The first kappa shape index (κ1) is 15.9. The van der Waals surface area contributed by atoms with Gasteiger partial charge >= 0.3 is 0 Å². The smallest absolute Gasteiger partial charge is 0.203 e. The number of Topliss-reactive ketones (excluding diaryl/α,β-unsaturated/α-hetero) is 1. The van der Waals surface area contributed by atoms with Gasteiger partial charge in [0.2, 0.25) is 11.5 Å². The van der Waals surface area contributed by atoms with Gasteiger partial charge in [0.25, 0.3) is 0 Å². The Balaban J connectivity index is 2.05. The summed E-state index contributed by atoms with van der Waals surface area (Å²) in [5.74, 6) is -1.30. The fraction of sp³-hybridized carbons (Fsp3) is 0.235. The lowest BCUT2D eigenvalue weighted by atomic mass is 9.92. The summed E-state index contributed by atoms with van der Waals surface area (Å²) < 4.78 is 15.6. The van der Waals surface area contributed by atoms with Crippen LogP contribution in [0.3, 0.4) is 0 Å². The molecule has 1 aliphatic heterocycles. The maximum absolute atomic E-state index is 12.5. The van der Waals surface area contributed by atoms with Crippen molar-refractivity contribution in [2.75, 3.05) is 14.2 Å². The van der Waals surface area contributed by atoms with E-state index in [1.54, 1.807) is 24.3 Å². The van der Waals surface area contributed by atoms with Crippen molar-refractivity contribution in [3.8, 4) is 28.7 Å². The molecule has 1 aliphatic rings. The first-order valence-corrected chi connectivity index (χ1v) is 7.13. The average Bonchev–Trinajstić information content (AvgIpc) is 2.58. The van der Waals surface area contributed by atoms with E-state index in [1.807, 2.05) is 0 Å². The number of aliphatic hydroxyl groups excluding tert-OH is 1. The van der Waals surface area contributed by atoms with Crippen LogP contribution in [-0.2, 0) is 0 Å². The minimum Gasteiger partial charge on any atom is -0.504 e. The van der Waals surface area contributed by atoms with Crippen LogP contribution in [0.2, 0.25) is 0 Å². The zero-order valence-corrected chi connectivity index (χ0v) is 13.0. The summed E-state index contributed by atoms with van der Waals surface area (Å²) in [7, 11) is 2.77. The predicted molar refractivity (Wildman–Crippen MR) is 83.0 cm³/mol. The molecule has 2 unspecified atom stereocenters. The Labute approximate surface area is 137 Å². The van der Waals surface area contributed by atoms with Gasteiger partial charge in [0.1, 0.15) is 17.1 Å². The van der Waals surface area contributed by atoms with Crippen LogP contribution in [0, 0.1) is 0 Å². The van der Waals surface area contributed by atoms with E-state index in [0.29, 0.717) is 11.3 Å². The van der Waals surface area contributed by atoms with Gasteiger partial charge in [0.15, 0.2) is 23.7 Å². The molecule has 24 heavy (non-hydrogen) atoms. The third-order valence-corrected chi connectivity index (χ3v) is 3.90. The Morgan fingerprint density at radius 1 is 1.08 bits per heavy atom. The summed E-state index contributed by atoms with van der Waals surface area (Å²) in [5.41, 5.74) is 0.332. The van der Waals surface area contributed by atoms with Crippen molar-refractivity contribution in [3.63, 3.8) is 0 Å². The van der Waals surface area contributed by atoms with Crippen molar-refractivity contribution >= 4 is 5.78 Å². The first-order valence-electron chi connectivity index (χ1n) is 7.13. The Morgan fingerprint density at radius 2 is 1.75 bits per heavy atom. The van der Waals surface area contributed by atoms with Crippen molar-refractivity contribution in [1.29, 1.82) is 0 Å². The molecule has 2 aromatic rings. The lowest BCUT2D eigenvalue weighted by molar-refractivity contribution is 0.0209. The van der Waals surface area contributed by atoms with E-state index >= 15 is 0 Å². The van der Waals surface area contributed by atoms with Crippen molar-refractivity contribution in [2.45, 2.75) is 12.2 Å². The van der Waals surface area contributed by atoms with Crippen molar-refractivity contribution in [1.82, 2.24) is 0 Å². The highest BCUT2D eigenvalue weighted by molar-refractivity contribution is 6.06. The van der Waals surface area contributed by atoms with Gasteiger partial charge in [0, 0.05) is 6.07 Å². The Morgan fingerprint density at radius 3 is 2.33 bits per heavy atom. The molecule has 126 valence electrons. The second-order valence-corrected chi connectivity index (χ2v) is 5.27. The molecule has 2 aromatic carbocycles. The normalized spacial score (nSPS) is 19.4. The molecule has 0 saturated carbocycles. The number of phenolic OH excluding ortho intramolecular Hbond substituents is 2. The van der Waals surface area contributed by atoms with Crippen molar-refractivity contribution in [2.24, 2.45) is 0 Å². The number of carbonyl (C=O) groups excluding carboxylic acids is 1. The van der Waals surface area contributed by atoms with Crippen LogP contribution < -0.4 is 14.2 Å². The molecule has 7 nitrogen and oxygen atoms in total. The highest BCUT2D eigenvalue weighted by atomic mass is 16.5. The standard InChI is InChI=1S/C17H16O7/c1-22-9-5-3-8(4-6-9)16-15(21)13(19)12-11(24-16)7-10(18)17(23-2)14(12)20/h3-7,15-16,18,20-21H,1-2H3. The van der Waals surface area contributed by atoms with Gasteiger partial charge in [-0.15, -0.1) is 0 Å². The monoisotopic (exact) mass is 332 g/mol. The lowest BCUT2D eigenvalue weighted by Crippen LogP contribution is -2.36. The van der Waals surface area contributed by atoms with Crippen molar-refractivity contribution in [3.05, 3.63) is 41.5 Å². The molecule has 0 fully saturated rings. The van der Waals surface area contributed by atoms with Crippen LogP contribution in [0.4, 0.5) is 0 Å². The summed E-state index contributed by atoms with van der Waals surface area (Å²) in [6.45, 7) is 0. The minimum absolute atomic E-state index is 0.0260. The number of methoxy groups -OCH3 is 2. The number of hydrogen-bond donors (Lipinski definition) is 3. The zero-order valence-electron chi connectivity index (χ0n) is 13.0. The molecule has 0 aliphatic carbocycles. The highest BCUT2D eigenvalue weighted by Crippen LogP contribution is 2.48.